The molecular weight excluding hydrogens is 364 g/mol. The predicted molar refractivity (Wildman–Crippen MR) is 109 cm³/mol. The summed E-state index contributed by atoms with van der Waals surface area (Å²) in [5, 5.41) is 10.5. The molecule has 0 radical (unpaired) electrons. The van der Waals surface area contributed by atoms with Crippen LogP contribution in [0.3, 0.4) is 0 Å². The van der Waals surface area contributed by atoms with Crippen molar-refractivity contribution in [1.29, 1.82) is 0 Å². The zero-order valence-electron chi connectivity index (χ0n) is 15.8. The van der Waals surface area contributed by atoms with E-state index in [0.29, 0.717) is 27.6 Å². The average molecular weight is 389 g/mol. The van der Waals surface area contributed by atoms with Crippen LogP contribution < -0.4 is 5.43 Å². The Kier molecular flexibility index (Phi) is 6.22. The fraction of sp³-hybridized carbons (Fsp3) is 0.429. The Morgan fingerprint density at radius 1 is 1.15 bits per heavy atom. The molecule has 3 rings (SSSR count). The molecule has 3 aromatic rings. The second kappa shape index (κ2) is 8.61. The number of halogens is 1. The predicted octanol–water partition coefficient (Wildman–Crippen LogP) is 5.55. The fourth-order valence-electron chi connectivity index (χ4n) is 3.25. The van der Waals surface area contributed by atoms with Crippen molar-refractivity contribution >= 4 is 22.6 Å². The molecule has 144 valence electrons. The van der Waals surface area contributed by atoms with Gasteiger partial charge in [0.05, 0.1) is 5.39 Å². The maximum absolute atomic E-state index is 12.5. The number of phenols is 1. The van der Waals surface area contributed by atoms with Crippen molar-refractivity contribution in [1.82, 2.24) is 9.55 Å². The van der Waals surface area contributed by atoms with Gasteiger partial charge in [-0.15, -0.1) is 0 Å². The van der Waals surface area contributed by atoms with Crippen LogP contribution in [0.1, 0.15) is 51.8 Å². The minimum absolute atomic E-state index is 0.0500. The molecule has 0 atom stereocenters. The molecule has 2 aromatic heterocycles. The molecule has 0 fully saturated rings. The first-order valence-electron chi connectivity index (χ1n) is 9.57. The Morgan fingerprint density at radius 3 is 2.67 bits per heavy atom. The number of fused-ring (bicyclic) bond motifs is 1. The van der Waals surface area contributed by atoms with E-state index in [1.165, 1.54) is 18.2 Å². The Morgan fingerprint density at radius 2 is 1.93 bits per heavy atom. The molecule has 1 N–H and O–H groups in total. The van der Waals surface area contributed by atoms with Crippen molar-refractivity contribution in [3.05, 3.63) is 45.5 Å². The van der Waals surface area contributed by atoms with Crippen LogP contribution in [-0.2, 0) is 13.0 Å². The molecule has 0 saturated heterocycles. The van der Waals surface area contributed by atoms with Crippen molar-refractivity contribution in [2.75, 3.05) is 0 Å². The molecular formula is C21H25ClN2O3. The lowest BCUT2D eigenvalue weighted by atomic mass is 10.2. The van der Waals surface area contributed by atoms with Gasteiger partial charge >= 0.3 is 0 Å². The Bertz CT molecular complexity index is 991. The van der Waals surface area contributed by atoms with Crippen molar-refractivity contribution in [3.8, 4) is 17.2 Å². The minimum atomic E-state index is -0.168. The number of aryl methyl sites for hydroxylation is 1. The Hall–Kier alpha value is -2.27. The lowest BCUT2D eigenvalue weighted by Gasteiger charge is -2.12. The topological polar surface area (TPSA) is 68.3 Å². The quantitative estimate of drug-likeness (QED) is 0.514. The van der Waals surface area contributed by atoms with E-state index in [1.54, 1.807) is 6.07 Å². The molecule has 0 amide bonds. The van der Waals surface area contributed by atoms with E-state index in [0.717, 1.165) is 50.9 Å². The summed E-state index contributed by atoms with van der Waals surface area (Å²) in [6.45, 7) is 5.08. The summed E-state index contributed by atoms with van der Waals surface area (Å²) < 4.78 is 8.03. The van der Waals surface area contributed by atoms with Crippen molar-refractivity contribution in [2.24, 2.45) is 0 Å². The largest absolute Gasteiger partial charge is 0.508 e. The molecule has 1 aromatic carbocycles. The van der Waals surface area contributed by atoms with E-state index >= 15 is 0 Å². The summed E-state index contributed by atoms with van der Waals surface area (Å²) in [7, 11) is 0. The number of aromatic hydroxyl groups is 1. The van der Waals surface area contributed by atoms with Crippen molar-refractivity contribution in [2.45, 2.75) is 58.9 Å². The van der Waals surface area contributed by atoms with Gasteiger partial charge in [0.1, 0.15) is 22.9 Å². The molecule has 0 bridgehead atoms. The first-order chi connectivity index (χ1) is 13.0. The van der Waals surface area contributed by atoms with Gasteiger partial charge in [-0.25, -0.2) is 4.98 Å². The highest BCUT2D eigenvalue weighted by molar-refractivity contribution is 6.31. The SMILES string of the molecule is CCCCCn1c(CCCC)nc(Cl)c1-c1cc(=O)c2ccc(O)cc2o1. The van der Waals surface area contributed by atoms with E-state index in [9.17, 15) is 9.90 Å². The third-order valence-electron chi connectivity index (χ3n) is 4.69. The van der Waals surface area contributed by atoms with Crippen LogP contribution >= 0.6 is 11.6 Å². The van der Waals surface area contributed by atoms with Crippen LogP contribution in [-0.4, -0.2) is 14.7 Å². The van der Waals surface area contributed by atoms with Gasteiger partial charge in [-0.05, 0) is 25.0 Å². The zero-order chi connectivity index (χ0) is 19.4. The highest BCUT2D eigenvalue weighted by Crippen LogP contribution is 2.32. The van der Waals surface area contributed by atoms with Gasteiger partial charge in [-0.2, -0.15) is 0 Å². The number of benzene rings is 1. The molecule has 6 heteroatoms. The second-order valence-corrected chi connectivity index (χ2v) is 7.14. The van der Waals surface area contributed by atoms with Crippen molar-refractivity contribution < 1.29 is 9.52 Å². The fourth-order valence-corrected chi connectivity index (χ4v) is 3.54. The lowest BCUT2D eigenvalue weighted by molar-refractivity contribution is 0.474. The summed E-state index contributed by atoms with van der Waals surface area (Å²) in [4.78, 5) is 17.1. The number of unbranched alkanes of at least 4 members (excludes halogenated alkanes) is 3. The molecule has 0 unspecified atom stereocenters. The van der Waals surface area contributed by atoms with Crippen LogP contribution in [0.2, 0.25) is 5.15 Å². The third kappa shape index (κ3) is 4.19. The summed E-state index contributed by atoms with van der Waals surface area (Å²) >= 11 is 6.47. The smallest absolute Gasteiger partial charge is 0.193 e. The normalized spacial score (nSPS) is 11.4. The average Bonchev–Trinajstić information content (AvgIpc) is 2.95. The molecule has 5 nitrogen and oxygen atoms in total. The third-order valence-corrected chi connectivity index (χ3v) is 4.95. The maximum atomic E-state index is 12.5. The van der Waals surface area contributed by atoms with Crippen molar-refractivity contribution in [3.63, 3.8) is 0 Å². The van der Waals surface area contributed by atoms with Crippen LogP contribution in [0.4, 0.5) is 0 Å². The van der Waals surface area contributed by atoms with E-state index in [4.69, 9.17) is 16.0 Å². The molecule has 27 heavy (non-hydrogen) atoms. The van der Waals surface area contributed by atoms with Gasteiger partial charge in [0, 0.05) is 25.1 Å². The summed E-state index contributed by atoms with van der Waals surface area (Å²) in [5.41, 5.74) is 0.810. The van der Waals surface area contributed by atoms with Gasteiger partial charge in [0.15, 0.2) is 16.3 Å². The van der Waals surface area contributed by atoms with Crippen LogP contribution in [0.25, 0.3) is 22.4 Å². The van der Waals surface area contributed by atoms with Gasteiger partial charge in [0.2, 0.25) is 0 Å². The Labute approximate surface area is 163 Å². The minimum Gasteiger partial charge on any atom is -0.508 e. The molecule has 0 aliphatic rings. The maximum Gasteiger partial charge on any atom is 0.193 e. The number of nitrogens with zero attached hydrogens (tertiary/aromatic N) is 2. The molecule has 0 saturated carbocycles. The van der Waals surface area contributed by atoms with Gasteiger partial charge < -0.3 is 14.1 Å². The van der Waals surface area contributed by atoms with Gasteiger partial charge in [-0.3, -0.25) is 4.79 Å². The van der Waals surface area contributed by atoms with E-state index in [1.807, 2.05) is 0 Å². The highest BCUT2D eigenvalue weighted by atomic mass is 35.5. The van der Waals surface area contributed by atoms with Gasteiger partial charge in [0.25, 0.3) is 0 Å². The summed E-state index contributed by atoms with van der Waals surface area (Å²) in [6, 6.07) is 5.95. The van der Waals surface area contributed by atoms with Crippen LogP contribution in [0, 0.1) is 0 Å². The Balaban J connectivity index is 2.13. The number of hydrogen-bond acceptors (Lipinski definition) is 4. The van der Waals surface area contributed by atoms with E-state index < -0.39 is 0 Å². The number of imidazole rings is 1. The summed E-state index contributed by atoms with van der Waals surface area (Å²) in [6.07, 6.45) is 6.16. The summed E-state index contributed by atoms with van der Waals surface area (Å²) in [5.74, 6) is 1.36. The van der Waals surface area contributed by atoms with E-state index in [-0.39, 0.29) is 11.2 Å². The number of aromatic nitrogens is 2. The van der Waals surface area contributed by atoms with Crippen LogP contribution in [0.15, 0.2) is 33.5 Å². The number of rotatable bonds is 8. The molecule has 0 aliphatic heterocycles. The standard InChI is InChI=1S/C21H25ClN2O3/c1-3-5-7-11-24-19(8-6-4-2)23-21(22)20(24)18-13-16(26)15-10-9-14(25)12-17(15)27-18/h9-10,12-13,25H,3-8,11H2,1-2H3. The first-order valence-corrected chi connectivity index (χ1v) is 9.95. The molecule has 0 spiro atoms. The highest BCUT2D eigenvalue weighted by Gasteiger charge is 2.20. The lowest BCUT2D eigenvalue weighted by Crippen LogP contribution is -2.08. The first kappa shape index (κ1) is 19.5. The zero-order valence-corrected chi connectivity index (χ0v) is 16.6. The van der Waals surface area contributed by atoms with E-state index in [2.05, 4.69) is 23.4 Å². The molecule has 0 aliphatic carbocycles. The second-order valence-electron chi connectivity index (χ2n) is 6.79. The van der Waals surface area contributed by atoms with Gasteiger partial charge in [-0.1, -0.05) is 44.7 Å². The monoisotopic (exact) mass is 388 g/mol. The van der Waals surface area contributed by atoms with Crippen LogP contribution in [0.5, 0.6) is 5.75 Å². The number of phenolic OH excluding ortho intramolecular Hbond substituents is 1. The number of hydrogen-bond donors (Lipinski definition) is 1. The molecule has 2 heterocycles.